The van der Waals surface area contributed by atoms with Crippen molar-refractivity contribution in [3.05, 3.63) is 77.3 Å². The van der Waals surface area contributed by atoms with Gasteiger partial charge in [0.2, 0.25) is 0 Å². The van der Waals surface area contributed by atoms with E-state index in [1.54, 1.807) is 0 Å². The number of aromatic nitrogens is 1. The molecule has 0 N–H and O–H groups in total. The van der Waals surface area contributed by atoms with Crippen LogP contribution in [0.1, 0.15) is 0 Å². The van der Waals surface area contributed by atoms with Crippen LogP contribution < -0.4 is 0 Å². The Morgan fingerprint density at radius 3 is 2.29 bits per heavy atom. The van der Waals surface area contributed by atoms with E-state index in [0.29, 0.717) is 0 Å². The smallest absolute Gasteiger partial charge is 0.0620 e. The largest absolute Gasteiger partial charge is 0.308 e. The van der Waals surface area contributed by atoms with Crippen LogP contribution in [-0.4, -0.2) is 4.40 Å². The van der Waals surface area contributed by atoms with Gasteiger partial charge in [0, 0.05) is 31.4 Å². The number of halogens is 1. The average Bonchev–Trinajstić information content (AvgIpc) is 2.97. The number of hydrogen-bond acceptors (Lipinski definition) is 0. The van der Waals surface area contributed by atoms with Gasteiger partial charge < -0.3 is 4.40 Å². The van der Waals surface area contributed by atoms with Crippen molar-refractivity contribution in [3.8, 4) is 0 Å². The number of fused-ring (bicyclic) bond motifs is 5. The molecule has 6 rings (SSSR count). The van der Waals surface area contributed by atoms with Crippen LogP contribution >= 0.6 is 15.9 Å². The second-order valence-corrected chi connectivity index (χ2v) is 7.21. The molecule has 112 valence electrons. The van der Waals surface area contributed by atoms with E-state index < -0.39 is 0 Å². The lowest BCUT2D eigenvalue weighted by Crippen LogP contribution is -1.92. The highest BCUT2D eigenvalue weighted by Crippen LogP contribution is 2.42. The molecule has 24 heavy (non-hydrogen) atoms. The molecule has 0 amide bonds. The molecule has 4 aromatic carbocycles. The SMILES string of the molecule is Brc1ccc2cccc3c2c1c1cccc2c4ccccc4n3c21. The molecule has 0 aliphatic heterocycles. The van der Waals surface area contributed by atoms with E-state index in [1.165, 1.54) is 48.9 Å². The Morgan fingerprint density at radius 1 is 0.583 bits per heavy atom. The Hall–Kier alpha value is -2.58. The summed E-state index contributed by atoms with van der Waals surface area (Å²) in [4.78, 5) is 0. The molecule has 1 nitrogen and oxygen atoms in total. The normalized spacial score (nSPS) is 12.4. The molecule has 0 fully saturated rings. The highest BCUT2D eigenvalue weighted by molar-refractivity contribution is 9.10. The molecule has 0 spiro atoms. The summed E-state index contributed by atoms with van der Waals surface area (Å²) < 4.78 is 3.59. The summed E-state index contributed by atoms with van der Waals surface area (Å²) in [5, 5.41) is 7.86. The van der Waals surface area contributed by atoms with Crippen LogP contribution in [0.3, 0.4) is 0 Å². The quantitative estimate of drug-likeness (QED) is 0.206. The highest BCUT2D eigenvalue weighted by atomic mass is 79.9. The molecule has 0 unspecified atom stereocenters. The van der Waals surface area contributed by atoms with Gasteiger partial charge in [-0.15, -0.1) is 0 Å². The summed E-state index contributed by atoms with van der Waals surface area (Å²) >= 11 is 3.80. The van der Waals surface area contributed by atoms with Gasteiger partial charge in [-0.2, -0.15) is 0 Å². The van der Waals surface area contributed by atoms with Crippen LogP contribution in [0.4, 0.5) is 0 Å². The number of hydrogen-bond donors (Lipinski definition) is 0. The molecule has 0 bridgehead atoms. The fourth-order valence-corrected chi connectivity index (χ4v) is 4.80. The van der Waals surface area contributed by atoms with Crippen LogP contribution in [-0.2, 0) is 0 Å². The van der Waals surface area contributed by atoms with Gasteiger partial charge in [-0.1, -0.05) is 70.5 Å². The summed E-state index contributed by atoms with van der Waals surface area (Å²) in [6, 6.07) is 26.3. The Bertz CT molecular complexity index is 1410. The van der Waals surface area contributed by atoms with Crippen molar-refractivity contribution in [2.45, 2.75) is 0 Å². The highest BCUT2D eigenvalue weighted by Gasteiger charge is 2.17. The predicted molar refractivity (Wildman–Crippen MR) is 106 cm³/mol. The minimum Gasteiger partial charge on any atom is -0.308 e. The van der Waals surface area contributed by atoms with E-state index in [-0.39, 0.29) is 0 Å². The molecule has 0 aliphatic carbocycles. The Labute approximate surface area is 146 Å². The number of rotatable bonds is 0. The van der Waals surface area contributed by atoms with Crippen molar-refractivity contribution in [2.75, 3.05) is 0 Å². The van der Waals surface area contributed by atoms with Gasteiger partial charge in [0.15, 0.2) is 0 Å². The lowest BCUT2D eigenvalue weighted by atomic mass is 9.99. The lowest BCUT2D eigenvalue weighted by molar-refractivity contribution is 1.35. The van der Waals surface area contributed by atoms with E-state index in [2.05, 4.69) is 93.1 Å². The maximum atomic E-state index is 3.80. The Kier molecular flexibility index (Phi) is 2.28. The minimum atomic E-state index is 1.16. The summed E-state index contributed by atoms with van der Waals surface area (Å²) in [7, 11) is 0. The molecular formula is C22H12BrN. The summed E-state index contributed by atoms with van der Waals surface area (Å²) in [6.45, 7) is 0. The first-order chi connectivity index (χ1) is 11.8. The van der Waals surface area contributed by atoms with Gasteiger partial charge in [0.25, 0.3) is 0 Å². The molecule has 0 atom stereocenters. The fourth-order valence-electron chi connectivity index (χ4n) is 4.25. The van der Waals surface area contributed by atoms with Crippen molar-refractivity contribution >= 4 is 64.8 Å². The summed E-state index contributed by atoms with van der Waals surface area (Å²) in [6.07, 6.45) is 0. The number of para-hydroxylation sites is 2. The van der Waals surface area contributed by atoms with Crippen LogP contribution in [0.25, 0.3) is 48.9 Å². The maximum Gasteiger partial charge on any atom is 0.0620 e. The first-order valence-corrected chi connectivity index (χ1v) is 8.88. The molecule has 0 saturated heterocycles. The van der Waals surface area contributed by atoms with Crippen LogP contribution in [0, 0.1) is 0 Å². The third-order valence-electron chi connectivity index (χ3n) is 5.18. The van der Waals surface area contributed by atoms with Gasteiger partial charge in [0.1, 0.15) is 0 Å². The lowest BCUT2D eigenvalue weighted by Gasteiger charge is -2.14. The van der Waals surface area contributed by atoms with Crippen molar-refractivity contribution in [3.63, 3.8) is 0 Å². The molecule has 2 aromatic heterocycles. The Morgan fingerprint density at radius 2 is 1.33 bits per heavy atom. The summed E-state index contributed by atoms with van der Waals surface area (Å²) in [5.74, 6) is 0. The van der Waals surface area contributed by atoms with Gasteiger partial charge in [-0.05, 0) is 23.6 Å². The predicted octanol–water partition coefficient (Wildman–Crippen LogP) is 6.75. The van der Waals surface area contributed by atoms with E-state index >= 15 is 0 Å². The second-order valence-electron chi connectivity index (χ2n) is 6.35. The summed E-state index contributed by atoms with van der Waals surface area (Å²) in [5.41, 5.74) is 3.86. The van der Waals surface area contributed by atoms with Crippen molar-refractivity contribution in [1.29, 1.82) is 0 Å². The number of nitrogens with zero attached hydrogens (tertiary/aromatic N) is 1. The Balaban J connectivity index is 2.17. The molecule has 0 saturated carbocycles. The van der Waals surface area contributed by atoms with Gasteiger partial charge in [0.05, 0.1) is 16.6 Å². The zero-order valence-corrected chi connectivity index (χ0v) is 14.3. The average molecular weight is 370 g/mol. The van der Waals surface area contributed by atoms with Gasteiger partial charge in [-0.3, -0.25) is 0 Å². The standard InChI is InChI=1S/C22H12BrN/c23-17-12-11-13-5-3-10-19-20(13)21(17)16-8-4-7-15-14-6-1-2-9-18(14)24(19)22(15)16/h1-12H. The third-order valence-corrected chi connectivity index (χ3v) is 5.84. The minimum absolute atomic E-state index is 1.16. The van der Waals surface area contributed by atoms with Crippen LogP contribution in [0.5, 0.6) is 0 Å². The monoisotopic (exact) mass is 369 g/mol. The number of benzene rings is 4. The van der Waals surface area contributed by atoms with Gasteiger partial charge in [-0.25, -0.2) is 0 Å². The first kappa shape index (κ1) is 12.8. The molecule has 0 radical (unpaired) electrons. The van der Waals surface area contributed by atoms with Gasteiger partial charge >= 0.3 is 0 Å². The van der Waals surface area contributed by atoms with Crippen molar-refractivity contribution in [2.24, 2.45) is 0 Å². The molecule has 2 heteroatoms. The zero-order valence-electron chi connectivity index (χ0n) is 12.8. The van der Waals surface area contributed by atoms with Crippen LogP contribution in [0.2, 0.25) is 0 Å². The zero-order chi connectivity index (χ0) is 15.8. The molecular weight excluding hydrogens is 358 g/mol. The molecule has 2 heterocycles. The van der Waals surface area contributed by atoms with E-state index in [9.17, 15) is 0 Å². The first-order valence-electron chi connectivity index (χ1n) is 8.09. The van der Waals surface area contributed by atoms with Crippen molar-refractivity contribution < 1.29 is 0 Å². The van der Waals surface area contributed by atoms with Crippen LogP contribution in [0.15, 0.2) is 77.3 Å². The van der Waals surface area contributed by atoms with E-state index in [4.69, 9.17) is 0 Å². The van der Waals surface area contributed by atoms with E-state index in [1.807, 2.05) is 0 Å². The topological polar surface area (TPSA) is 4.41 Å². The third kappa shape index (κ3) is 1.37. The molecule has 6 aromatic rings. The van der Waals surface area contributed by atoms with Crippen molar-refractivity contribution in [1.82, 2.24) is 4.40 Å². The second kappa shape index (κ2) is 4.28. The maximum absolute atomic E-state index is 3.80. The number of pyridine rings is 1. The molecule has 0 aliphatic rings. The van der Waals surface area contributed by atoms with E-state index in [0.717, 1.165) is 4.47 Å². The fraction of sp³-hybridized carbons (Fsp3) is 0.